The number of amides is 1. The average molecular weight is 369 g/mol. The first-order chi connectivity index (χ1) is 10.0. The highest BCUT2D eigenvalue weighted by atomic mass is 79.9. The van der Waals surface area contributed by atoms with Crippen molar-refractivity contribution in [2.45, 2.75) is 13.3 Å². The first-order valence-corrected chi connectivity index (χ1v) is 7.65. The third-order valence-corrected chi connectivity index (χ3v) is 3.86. The van der Waals surface area contributed by atoms with Crippen LogP contribution >= 0.6 is 27.5 Å². The predicted molar refractivity (Wildman–Crippen MR) is 90.3 cm³/mol. The van der Waals surface area contributed by atoms with Crippen molar-refractivity contribution in [1.82, 2.24) is 4.98 Å². The zero-order chi connectivity index (χ0) is 15.4. The summed E-state index contributed by atoms with van der Waals surface area (Å²) < 4.78 is 0.777. The topological polar surface area (TPSA) is 54.0 Å². The van der Waals surface area contributed by atoms with Crippen LogP contribution in [0.15, 0.2) is 34.8 Å². The first-order valence-electron chi connectivity index (χ1n) is 6.48. The van der Waals surface area contributed by atoms with E-state index in [0.717, 1.165) is 16.6 Å². The zero-order valence-electron chi connectivity index (χ0n) is 11.7. The van der Waals surface area contributed by atoms with Gasteiger partial charge in [-0.05, 0) is 52.7 Å². The minimum absolute atomic E-state index is 0.202. The Balaban J connectivity index is 2.29. The molecule has 2 N–H and O–H groups in total. The normalized spacial score (nSPS) is 10.3. The van der Waals surface area contributed by atoms with Crippen LogP contribution < -0.4 is 10.6 Å². The SMILES string of the molecule is CCc1cc(C(=O)Nc2cc(Cl)ccc2Br)cc(NC)n1. The number of benzene rings is 1. The lowest BCUT2D eigenvalue weighted by molar-refractivity contribution is 0.102. The smallest absolute Gasteiger partial charge is 0.255 e. The van der Waals surface area contributed by atoms with Gasteiger partial charge in [-0.2, -0.15) is 0 Å². The molecule has 110 valence electrons. The zero-order valence-corrected chi connectivity index (χ0v) is 14.0. The minimum Gasteiger partial charge on any atom is -0.373 e. The van der Waals surface area contributed by atoms with Gasteiger partial charge < -0.3 is 10.6 Å². The van der Waals surface area contributed by atoms with Gasteiger partial charge in [-0.25, -0.2) is 4.98 Å². The quantitative estimate of drug-likeness (QED) is 0.843. The van der Waals surface area contributed by atoms with Crippen molar-refractivity contribution < 1.29 is 4.79 Å². The molecular formula is C15H15BrClN3O. The number of nitrogens with zero attached hydrogens (tertiary/aromatic N) is 1. The van der Waals surface area contributed by atoms with Crippen LogP contribution in [0.2, 0.25) is 5.02 Å². The molecule has 0 saturated heterocycles. The van der Waals surface area contributed by atoms with Gasteiger partial charge in [0.2, 0.25) is 0 Å². The van der Waals surface area contributed by atoms with Gasteiger partial charge in [-0.15, -0.1) is 0 Å². The number of aromatic nitrogens is 1. The molecule has 0 aliphatic heterocycles. The van der Waals surface area contributed by atoms with Gasteiger partial charge in [0.15, 0.2) is 0 Å². The van der Waals surface area contributed by atoms with E-state index in [0.29, 0.717) is 22.1 Å². The summed E-state index contributed by atoms with van der Waals surface area (Å²) in [5, 5.41) is 6.37. The van der Waals surface area contributed by atoms with E-state index in [1.165, 1.54) is 0 Å². The summed E-state index contributed by atoms with van der Waals surface area (Å²) in [4.78, 5) is 16.8. The van der Waals surface area contributed by atoms with Crippen LogP contribution in [0.25, 0.3) is 0 Å². The molecule has 0 unspecified atom stereocenters. The summed E-state index contributed by atoms with van der Waals surface area (Å²) in [5.41, 5.74) is 2.05. The molecule has 0 fully saturated rings. The molecule has 2 aromatic rings. The molecule has 4 nitrogen and oxygen atoms in total. The standard InChI is InChI=1S/C15H15BrClN3O/c1-3-11-6-9(7-14(18-2)19-11)15(21)20-13-8-10(17)4-5-12(13)16/h4-8H,3H2,1-2H3,(H,18,19)(H,20,21). The fourth-order valence-electron chi connectivity index (χ4n) is 1.82. The molecule has 2 rings (SSSR count). The lowest BCUT2D eigenvalue weighted by atomic mass is 10.1. The van der Waals surface area contributed by atoms with Crippen LogP contribution in [-0.2, 0) is 6.42 Å². The predicted octanol–water partition coefficient (Wildman–Crippen LogP) is 4.35. The first kappa shape index (κ1) is 15.8. The molecule has 0 radical (unpaired) electrons. The van der Waals surface area contributed by atoms with E-state index >= 15 is 0 Å². The number of pyridine rings is 1. The van der Waals surface area contributed by atoms with Crippen LogP contribution in [0.1, 0.15) is 23.0 Å². The number of halogens is 2. The average Bonchev–Trinajstić information content (AvgIpc) is 2.50. The number of carbonyl (C=O) groups excluding carboxylic acids is 1. The highest BCUT2D eigenvalue weighted by Crippen LogP contribution is 2.26. The minimum atomic E-state index is -0.202. The maximum atomic E-state index is 12.4. The van der Waals surface area contributed by atoms with Crippen molar-refractivity contribution >= 4 is 44.9 Å². The number of hydrogen-bond acceptors (Lipinski definition) is 3. The van der Waals surface area contributed by atoms with Gasteiger partial charge in [-0.3, -0.25) is 4.79 Å². The second-order valence-electron chi connectivity index (χ2n) is 4.41. The second kappa shape index (κ2) is 6.91. The number of nitrogens with one attached hydrogen (secondary N) is 2. The molecule has 21 heavy (non-hydrogen) atoms. The molecule has 1 amide bonds. The number of hydrogen-bond donors (Lipinski definition) is 2. The van der Waals surface area contributed by atoms with Gasteiger partial charge >= 0.3 is 0 Å². The third-order valence-electron chi connectivity index (χ3n) is 2.94. The maximum absolute atomic E-state index is 12.4. The van der Waals surface area contributed by atoms with E-state index < -0.39 is 0 Å². The van der Waals surface area contributed by atoms with E-state index in [1.807, 2.05) is 6.92 Å². The Morgan fingerprint density at radius 3 is 2.76 bits per heavy atom. The van der Waals surface area contributed by atoms with Gasteiger partial charge in [0, 0.05) is 27.8 Å². The largest absolute Gasteiger partial charge is 0.373 e. The molecule has 0 atom stereocenters. The van der Waals surface area contributed by atoms with E-state index in [2.05, 4.69) is 31.5 Å². The summed E-state index contributed by atoms with van der Waals surface area (Å²) in [7, 11) is 1.77. The van der Waals surface area contributed by atoms with Gasteiger partial charge in [0.05, 0.1) is 5.69 Å². The van der Waals surface area contributed by atoms with Gasteiger partial charge in [-0.1, -0.05) is 18.5 Å². The molecule has 0 spiro atoms. The van der Waals surface area contributed by atoms with Gasteiger partial charge in [0.25, 0.3) is 5.91 Å². The molecule has 1 heterocycles. The number of rotatable bonds is 4. The van der Waals surface area contributed by atoms with Crippen molar-refractivity contribution in [3.8, 4) is 0 Å². The second-order valence-corrected chi connectivity index (χ2v) is 5.71. The summed E-state index contributed by atoms with van der Waals surface area (Å²) in [6.45, 7) is 2.00. The Morgan fingerprint density at radius 2 is 2.10 bits per heavy atom. The maximum Gasteiger partial charge on any atom is 0.255 e. The van der Waals surface area contributed by atoms with Crippen LogP contribution in [0, 0.1) is 0 Å². The third kappa shape index (κ3) is 3.95. The van der Waals surface area contributed by atoms with Crippen LogP contribution in [0.3, 0.4) is 0 Å². The lowest BCUT2D eigenvalue weighted by Crippen LogP contribution is -2.13. The van der Waals surface area contributed by atoms with Crippen molar-refractivity contribution in [3.05, 3.63) is 51.1 Å². The van der Waals surface area contributed by atoms with E-state index in [-0.39, 0.29) is 5.91 Å². The molecule has 0 bridgehead atoms. The number of aryl methyl sites for hydroxylation is 1. The molecule has 1 aromatic heterocycles. The Morgan fingerprint density at radius 1 is 1.33 bits per heavy atom. The van der Waals surface area contributed by atoms with E-state index in [4.69, 9.17) is 11.6 Å². The summed E-state index contributed by atoms with van der Waals surface area (Å²) in [6, 6.07) is 8.75. The van der Waals surface area contributed by atoms with Crippen molar-refractivity contribution in [1.29, 1.82) is 0 Å². The van der Waals surface area contributed by atoms with E-state index in [1.54, 1.807) is 37.4 Å². The Bertz CT molecular complexity index is 654. The summed E-state index contributed by atoms with van der Waals surface area (Å²) >= 11 is 9.34. The van der Waals surface area contributed by atoms with Crippen LogP contribution in [0.4, 0.5) is 11.5 Å². The fourth-order valence-corrected chi connectivity index (χ4v) is 2.33. The molecule has 0 aliphatic carbocycles. The Labute approximate surface area is 137 Å². The number of carbonyl (C=O) groups is 1. The van der Waals surface area contributed by atoms with Crippen molar-refractivity contribution in [2.75, 3.05) is 17.7 Å². The van der Waals surface area contributed by atoms with Crippen LogP contribution in [0.5, 0.6) is 0 Å². The molecule has 1 aromatic carbocycles. The molecular weight excluding hydrogens is 354 g/mol. The van der Waals surface area contributed by atoms with Crippen LogP contribution in [-0.4, -0.2) is 17.9 Å². The highest BCUT2D eigenvalue weighted by Gasteiger charge is 2.11. The Kier molecular flexibility index (Phi) is 5.20. The summed E-state index contributed by atoms with van der Waals surface area (Å²) in [5.74, 6) is 0.469. The van der Waals surface area contributed by atoms with Crippen molar-refractivity contribution in [3.63, 3.8) is 0 Å². The molecule has 0 saturated carbocycles. The Hall–Kier alpha value is -1.59. The lowest BCUT2D eigenvalue weighted by Gasteiger charge is -2.10. The number of anilines is 2. The molecule has 6 heteroatoms. The summed E-state index contributed by atoms with van der Waals surface area (Å²) in [6.07, 6.45) is 0.761. The van der Waals surface area contributed by atoms with Crippen molar-refractivity contribution in [2.24, 2.45) is 0 Å². The fraction of sp³-hybridized carbons (Fsp3) is 0.200. The monoisotopic (exact) mass is 367 g/mol. The van der Waals surface area contributed by atoms with Gasteiger partial charge in [0.1, 0.15) is 5.82 Å². The highest BCUT2D eigenvalue weighted by molar-refractivity contribution is 9.10. The molecule has 0 aliphatic rings. The van der Waals surface area contributed by atoms with E-state index in [9.17, 15) is 4.79 Å².